The van der Waals surface area contributed by atoms with Crippen LogP contribution >= 0.6 is 0 Å². The van der Waals surface area contributed by atoms with Crippen molar-refractivity contribution < 1.29 is 28.9 Å². The first-order valence-corrected chi connectivity index (χ1v) is 9.71. The molecular weight excluding hydrogens is 338 g/mol. The average Bonchev–Trinajstić information content (AvgIpc) is 3.09. The van der Waals surface area contributed by atoms with Crippen LogP contribution in [0, 0.1) is 5.92 Å². The van der Waals surface area contributed by atoms with Gasteiger partial charge in [0.05, 0.1) is 18.6 Å². The minimum absolute atomic E-state index is 0.129. The fourth-order valence-corrected chi connectivity index (χ4v) is 3.53. The van der Waals surface area contributed by atoms with Gasteiger partial charge in [0, 0.05) is 13.1 Å². The molecule has 1 N–H and O–H groups in total. The van der Waals surface area contributed by atoms with E-state index in [1.165, 1.54) is 0 Å². The van der Waals surface area contributed by atoms with Gasteiger partial charge in [-0.05, 0) is 66.2 Å². The lowest BCUT2D eigenvalue weighted by Gasteiger charge is -2.39. The average molecular weight is 371 g/mol. The summed E-state index contributed by atoms with van der Waals surface area (Å²) < 4.78 is 16.4. The molecule has 2 aliphatic rings. The molecule has 1 saturated heterocycles. The van der Waals surface area contributed by atoms with E-state index in [4.69, 9.17) is 14.2 Å². The molecule has 2 rings (SSSR count). The standard InChI is InChI=1S/C19H33NO6/c1-5-24-16(21)14-8-10-15(11-9-14)25-19(23,20-12-6-7-13-20)17(22)26-18(2,3)4/h14-15,23H,5-13H2,1-4H3/t14-,15-,19?. The molecule has 0 aromatic rings. The molecule has 1 saturated carbocycles. The van der Waals surface area contributed by atoms with E-state index in [-0.39, 0.29) is 18.0 Å². The van der Waals surface area contributed by atoms with Crippen molar-refractivity contribution in [2.75, 3.05) is 19.7 Å². The molecule has 0 aromatic carbocycles. The lowest BCUT2D eigenvalue weighted by atomic mass is 9.87. The van der Waals surface area contributed by atoms with Crippen LogP contribution < -0.4 is 0 Å². The number of nitrogens with zero attached hydrogens (tertiary/aromatic N) is 1. The zero-order valence-electron chi connectivity index (χ0n) is 16.5. The van der Waals surface area contributed by atoms with E-state index in [2.05, 4.69) is 0 Å². The molecule has 0 bridgehead atoms. The Kier molecular flexibility index (Phi) is 7.05. The highest BCUT2D eigenvalue weighted by Gasteiger charge is 2.50. The quantitative estimate of drug-likeness (QED) is 0.566. The van der Waals surface area contributed by atoms with E-state index in [0.717, 1.165) is 12.8 Å². The summed E-state index contributed by atoms with van der Waals surface area (Å²) in [5.74, 6) is -3.13. The molecule has 1 aliphatic heterocycles. The van der Waals surface area contributed by atoms with Gasteiger partial charge in [-0.25, -0.2) is 9.69 Å². The van der Waals surface area contributed by atoms with E-state index >= 15 is 0 Å². The van der Waals surface area contributed by atoms with Crippen molar-refractivity contribution in [2.24, 2.45) is 5.92 Å². The number of rotatable bonds is 6. The fraction of sp³-hybridized carbons (Fsp3) is 0.895. The Morgan fingerprint density at radius 2 is 1.65 bits per heavy atom. The Morgan fingerprint density at radius 3 is 2.15 bits per heavy atom. The number of aliphatic hydroxyl groups is 1. The van der Waals surface area contributed by atoms with Gasteiger partial charge < -0.3 is 19.3 Å². The lowest BCUT2D eigenvalue weighted by molar-refractivity contribution is -0.308. The van der Waals surface area contributed by atoms with Crippen molar-refractivity contribution in [3.63, 3.8) is 0 Å². The number of carbonyl (C=O) groups excluding carboxylic acids is 2. The van der Waals surface area contributed by atoms with Crippen LogP contribution in [0.15, 0.2) is 0 Å². The molecule has 2 fully saturated rings. The largest absolute Gasteiger partial charge is 0.466 e. The highest BCUT2D eigenvalue weighted by molar-refractivity contribution is 5.77. The zero-order chi connectivity index (χ0) is 19.4. The molecule has 0 radical (unpaired) electrons. The van der Waals surface area contributed by atoms with Gasteiger partial charge >= 0.3 is 17.8 Å². The second kappa shape index (κ2) is 8.67. The number of likely N-dealkylation sites (tertiary alicyclic amines) is 1. The Bertz CT molecular complexity index is 489. The SMILES string of the molecule is CCOC(=O)[C@H]1CC[C@H](OC(O)(C(=O)OC(C)(C)C)N2CCCC2)CC1. The van der Waals surface area contributed by atoms with Crippen LogP contribution in [0.5, 0.6) is 0 Å². The Labute approximate surface area is 156 Å². The number of ether oxygens (including phenoxy) is 3. The van der Waals surface area contributed by atoms with Crippen molar-refractivity contribution in [3.8, 4) is 0 Å². The molecular formula is C19H33NO6. The number of hydrogen-bond acceptors (Lipinski definition) is 7. The first-order valence-electron chi connectivity index (χ1n) is 9.71. The Balaban J connectivity index is 2.01. The summed E-state index contributed by atoms with van der Waals surface area (Å²) in [6.45, 7) is 8.65. The van der Waals surface area contributed by atoms with Crippen molar-refractivity contribution in [3.05, 3.63) is 0 Å². The van der Waals surface area contributed by atoms with Crippen LogP contribution in [0.1, 0.15) is 66.2 Å². The van der Waals surface area contributed by atoms with Crippen molar-refractivity contribution in [2.45, 2.75) is 83.8 Å². The van der Waals surface area contributed by atoms with Crippen molar-refractivity contribution in [1.82, 2.24) is 4.90 Å². The number of carbonyl (C=O) groups is 2. The second-order valence-electron chi connectivity index (χ2n) is 8.15. The van der Waals surface area contributed by atoms with Gasteiger partial charge in [-0.2, -0.15) is 0 Å². The van der Waals surface area contributed by atoms with Crippen LogP contribution in [-0.4, -0.2) is 59.3 Å². The predicted molar refractivity (Wildman–Crippen MR) is 95.1 cm³/mol. The summed E-state index contributed by atoms with van der Waals surface area (Å²) in [6.07, 6.45) is 3.99. The van der Waals surface area contributed by atoms with Crippen LogP contribution in [0.3, 0.4) is 0 Å². The normalized spacial score (nSPS) is 27.0. The van der Waals surface area contributed by atoms with Gasteiger partial charge in [-0.3, -0.25) is 4.79 Å². The molecule has 1 heterocycles. The van der Waals surface area contributed by atoms with E-state index in [1.807, 2.05) is 0 Å². The van der Waals surface area contributed by atoms with E-state index in [1.54, 1.807) is 32.6 Å². The predicted octanol–water partition coefficient (Wildman–Crippen LogP) is 2.21. The van der Waals surface area contributed by atoms with Gasteiger partial charge in [-0.15, -0.1) is 0 Å². The molecule has 26 heavy (non-hydrogen) atoms. The molecule has 1 atom stereocenters. The fourth-order valence-electron chi connectivity index (χ4n) is 3.53. The maximum atomic E-state index is 12.7. The monoisotopic (exact) mass is 371 g/mol. The van der Waals surface area contributed by atoms with E-state index in [0.29, 0.717) is 45.4 Å². The summed E-state index contributed by atoms with van der Waals surface area (Å²) in [5, 5.41) is 11.1. The van der Waals surface area contributed by atoms with Crippen LogP contribution in [0.25, 0.3) is 0 Å². The summed E-state index contributed by atoms with van der Waals surface area (Å²) in [6, 6.07) is 0. The second-order valence-corrected chi connectivity index (χ2v) is 8.15. The summed E-state index contributed by atoms with van der Waals surface area (Å²) in [5.41, 5.74) is -0.713. The third-order valence-electron chi connectivity index (χ3n) is 4.82. The van der Waals surface area contributed by atoms with Crippen LogP contribution in [-0.2, 0) is 23.8 Å². The zero-order valence-corrected chi connectivity index (χ0v) is 16.5. The van der Waals surface area contributed by atoms with Gasteiger partial charge in [-0.1, -0.05) is 0 Å². The summed E-state index contributed by atoms with van der Waals surface area (Å²) in [7, 11) is 0. The van der Waals surface area contributed by atoms with Crippen LogP contribution in [0.4, 0.5) is 0 Å². The van der Waals surface area contributed by atoms with Gasteiger partial charge in [0.15, 0.2) is 0 Å². The van der Waals surface area contributed by atoms with Gasteiger partial charge in [0.25, 0.3) is 0 Å². The Hall–Kier alpha value is -1.18. The first kappa shape index (κ1) is 21.1. The minimum atomic E-state index is -2.06. The number of hydrogen-bond donors (Lipinski definition) is 1. The summed E-state index contributed by atoms with van der Waals surface area (Å²) >= 11 is 0. The van der Waals surface area contributed by atoms with Gasteiger partial charge in [0.1, 0.15) is 5.60 Å². The molecule has 1 aliphatic carbocycles. The Morgan fingerprint density at radius 1 is 1.08 bits per heavy atom. The third kappa shape index (κ3) is 5.41. The molecule has 7 heteroatoms. The third-order valence-corrected chi connectivity index (χ3v) is 4.82. The first-order chi connectivity index (χ1) is 12.2. The van der Waals surface area contributed by atoms with Crippen molar-refractivity contribution >= 4 is 11.9 Å². The molecule has 7 nitrogen and oxygen atoms in total. The molecule has 1 unspecified atom stereocenters. The maximum absolute atomic E-state index is 12.7. The molecule has 0 spiro atoms. The minimum Gasteiger partial charge on any atom is -0.466 e. The van der Waals surface area contributed by atoms with Gasteiger partial charge in [0.2, 0.25) is 0 Å². The smallest absolute Gasteiger partial charge is 0.384 e. The molecule has 150 valence electrons. The number of esters is 2. The lowest BCUT2D eigenvalue weighted by Crippen LogP contribution is -2.59. The van der Waals surface area contributed by atoms with E-state index in [9.17, 15) is 14.7 Å². The van der Waals surface area contributed by atoms with E-state index < -0.39 is 17.5 Å². The highest BCUT2D eigenvalue weighted by atomic mass is 16.7. The van der Waals surface area contributed by atoms with Crippen molar-refractivity contribution in [1.29, 1.82) is 0 Å². The summed E-state index contributed by atoms with van der Waals surface area (Å²) in [4.78, 5) is 26.2. The van der Waals surface area contributed by atoms with Crippen LogP contribution in [0.2, 0.25) is 0 Å². The molecule has 0 aromatic heterocycles. The molecule has 0 amide bonds. The highest BCUT2D eigenvalue weighted by Crippen LogP contribution is 2.32. The maximum Gasteiger partial charge on any atom is 0.384 e. The topological polar surface area (TPSA) is 85.3 Å².